The first-order valence-corrected chi connectivity index (χ1v) is 8.47. The zero-order chi connectivity index (χ0) is 20.4. The molecule has 0 saturated carbocycles. The zero-order valence-corrected chi connectivity index (χ0v) is 14.8. The monoisotopic (exact) mass is 400 g/mol. The van der Waals surface area contributed by atoms with E-state index in [1.165, 1.54) is 0 Å². The first kappa shape index (κ1) is 21.8. The highest BCUT2D eigenvalue weighted by Gasteiger charge is 2.54. The third-order valence-corrected chi connectivity index (χ3v) is 3.90. The number of ether oxygens (including phenoxy) is 3. The highest BCUT2D eigenvalue weighted by atomic mass is 19.3. The lowest BCUT2D eigenvalue weighted by Crippen LogP contribution is -2.51. The minimum absolute atomic E-state index is 0.0329. The lowest BCUT2D eigenvalue weighted by atomic mass is 10.1. The van der Waals surface area contributed by atoms with Crippen molar-refractivity contribution in [1.29, 1.82) is 0 Å². The van der Waals surface area contributed by atoms with E-state index in [9.17, 15) is 22.4 Å². The van der Waals surface area contributed by atoms with Crippen LogP contribution in [0.25, 0.3) is 0 Å². The largest absolute Gasteiger partial charge is 0.459 e. The molecular weight excluding hydrogens is 380 g/mol. The van der Waals surface area contributed by atoms with E-state index in [1.54, 1.807) is 60.7 Å². The standard InChI is InChI=1S/C20H20F4O4/c21-19(22)20(23,24)18(27-12-16-9-5-2-6-10-16)17(28-14-25)13-26-11-15-7-3-1-4-8-15/h1-10,14,17-19H,11-13H2/t17-,18+/m1/s1. The van der Waals surface area contributed by atoms with Gasteiger partial charge in [0.2, 0.25) is 0 Å². The van der Waals surface area contributed by atoms with E-state index in [0.717, 1.165) is 5.56 Å². The predicted molar refractivity (Wildman–Crippen MR) is 93.0 cm³/mol. The predicted octanol–water partition coefficient (Wildman–Crippen LogP) is 4.23. The van der Waals surface area contributed by atoms with Gasteiger partial charge in [0.1, 0.15) is 0 Å². The summed E-state index contributed by atoms with van der Waals surface area (Å²) in [5.41, 5.74) is 1.25. The van der Waals surface area contributed by atoms with Crippen LogP contribution < -0.4 is 0 Å². The minimum atomic E-state index is -4.54. The van der Waals surface area contributed by atoms with Gasteiger partial charge in [-0.1, -0.05) is 60.7 Å². The third kappa shape index (κ3) is 6.31. The van der Waals surface area contributed by atoms with E-state index in [4.69, 9.17) is 9.47 Å². The minimum Gasteiger partial charge on any atom is -0.459 e. The molecule has 0 N–H and O–H groups in total. The van der Waals surface area contributed by atoms with Crippen molar-refractivity contribution in [1.82, 2.24) is 0 Å². The Morgan fingerprint density at radius 1 is 0.893 bits per heavy atom. The molecule has 0 spiro atoms. The van der Waals surface area contributed by atoms with Gasteiger partial charge in [-0.15, -0.1) is 0 Å². The summed E-state index contributed by atoms with van der Waals surface area (Å²) in [6.45, 7) is -0.942. The van der Waals surface area contributed by atoms with Gasteiger partial charge >= 0.3 is 12.3 Å². The quantitative estimate of drug-likeness (QED) is 0.395. The molecule has 2 atom stereocenters. The van der Waals surface area contributed by atoms with Gasteiger partial charge in [-0.25, -0.2) is 8.78 Å². The van der Waals surface area contributed by atoms with Gasteiger partial charge in [-0.05, 0) is 11.1 Å². The number of alkyl halides is 4. The summed E-state index contributed by atoms with van der Waals surface area (Å²) in [4.78, 5) is 10.8. The Bertz CT molecular complexity index is 698. The molecule has 2 rings (SSSR count). The van der Waals surface area contributed by atoms with Crippen molar-refractivity contribution in [2.75, 3.05) is 6.61 Å². The molecule has 0 radical (unpaired) electrons. The molecule has 28 heavy (non-hydrogen) atoms. The van der Waals surface area contributed by atoms with Crippen LogP contribution in [-0.2, 0) is 32.2 Å². The van der Waals surface area contributed by atoms with Crippen molar-refractivity contribution in [2.45, 2.75) is 37.8 Å². The summed E-state index contributed by atoms with van der Waals surface area (Å²) in [7, 11) is 0. The number of hydrogen-bond donors (Lipinski definition) is 0. The zero-order valence-electron chi connectivity index (χ0n) is 14.8. The van der Waals surface area contributed by atoms with Crippen LogP contribution in [0, 0.1) is 0 Å². The molecule has 0 aliphatic rings. The topological polar surface area (TPSA) is 44.8 Å². The van der Waals surface area contributed by atoms with Crippen molar-refractivity contribution in [2.24, 2.45) is 0 Å². The Kier molecular flexibility index (Phi) is 8.41. The van der Waals surface area contributed by atoms with Gasteiger partial charge < -0.3 is 14.2 Å². The molecule has 0 heterocycles. The van der Waals surface area contributed by atoms with Crippen LogP contribution in [0.5, 0.6) is 0 Å². The number of benzene rings is 2. The van der Waals surface area contributed by atoms with E-state index in [0.29, 0.717) is 5.56 Å². The smallest absolute Gasteiger partial charge is 0.336 e. The van der Waals surface area contributed by atoms with Crippen LogP contribution in [0.2, 0.25) is 0 Å². The number of rotatable bonds is 12. The maximum absolute atomic E-state index is 14.1. The van der Waals surface area contributed by atoms with Crippen LogP contribution in [0.1, 0.15) is 11.1 Å². The van der Waals surface area contributed by atoms with Crippen LogP contribution in [0.4, 0.5) is 17.6 Å². The highest BCUT2D eigenvalue weighted by Crippen LogP contribution is 2.32. The highest BCUT2D eigenvalue weighted by molar-refractivity contribution is 5.37. The Morgan fingerprint density at radius 2 is 1.43 bits per heavy atom. The number of halogens is 4. The first-order valence-electron chi connectivity index (χ1n) is 8.47. The van der Waals surface area contributed by atoms with E-state index in [-0.39, 0.29) is 19.7 Å². The average molecular weight is 400 g/mol. The SMILES string of the molecule is O=CO[C@H](COCc1ccccc1)[C@H](OCc1ccccc1)C(F)(F)C(F)F. The molecule has 4 nitrogen and oxygen atoms in total. The molecule has 0 unspecified atom stereocenters. The van der Waals surface area contributed by atoms with Crippen LogP contribution in [-0.4, -0.2) is 37.6 Å². The van der Waals surface area contributed by atoms with Crippen molar-refractivity contribution in [3.8, 4) is 0 Å². The summed E-state index contributed by atoms with van der Waals surface area (Å²) >= 11 is 0. The fraction of sp³-hybridized carbons (Fsp3) is 0.350. The summed E-state index contributed by atoms with van der Waals surface area (Å²) in [5, 5.41) is 0. The Hall–Kier alpha value is -2.45. The van der Waals surface area contributed by atoms with Gasteiger partial charge in [0.15, 0.2) is 12.2 Å². The summed E-state index contributed by atoms with van der Waals surface area (Å²) < 4.78 is 69.1. The molecule has 152 valence electrons. The van der Waals surface area contributed by atoms with E-state index < -0.39 is 31.2 Å². The molecule has 0 aliphatic heterocycles. The molecule has 2 aromatic rings. The van der Waals surface area contributed by atoms with Crippen molar-refractivity contribution in [3.63, 3.8) is 0 Å². The summed E-state index contributed by atoms with van der Waals surface area (Å²) in [5.74, 6) is -4.54. The summed E-state index contributed by atoms with van der Waals surface area (Å²) in [6.07, 6.45) is -8.09. The molecule has 0 fully saturated rings. The average Bonchev–Trinajstić information content (AvgIpc) is 2.69. The fourth-order valence-corrected chi connectivity index (χ4v) is 2.49. The maximum atomic E-state index is 14.1. The molecule has 0 aliphatic carbocycles. The number of hydrogen-bond acceptors (Lipinski definition) is 4. The van der Waals surface area contributed by atoms with Crippen LogP contribution >= 0.6 is 0 Å². The Morgan fingerprint density at radius 3 is 1.93 bits per heavy atom. The van der Waals surface area contributed by atoms with Crippen LogP contribution in [0.15, 0.2) is 60.7 Å². The third-order valence-electron chi connectivity index (χ3n) is 3.90. The normalized spacial score (nSPS) is 13.9. The molecular formula is C20H20F4O4. The van der Waals surface area contributed by atoms with E-state index in [2.05, 4.69) is 4.74 Å². The number of carbonyl (C=O) groups is 1. The second-order valence-electron chi connectivity index (χ2n) is 5.96. The molecule has 0 amide bonds. The Balaban J connectivity index is 2.09. The van der Waals surface area contributed by atoms with Gasteiger partial charge in [0.05, 0.1) is 19.8 Å². The molecule has 0 aromatic heterocycles. The van der Waals surface area contributed by atoms with Crippen molar-refractivity contribution in [3.05, 3.63) is 71.8 Å². The van der Waals surface area contributed by atoms with Crippen molar-refractivity contribution < 1.29 is 36.6 Å². The lowest BCUT2D eigenvalue weighted by Gasteiger charge is -2.31. The van der Waals surface area contributed by atoms with Crippen LogP contribution in [0.3, 0.4) is 0 Å². The maximum Gasteiger partial charge on any atom is 0.336 e. The lowest BCUT2D eigenvalue weighted by molar-refractivity contribution is -0.243. The summed E-state index contributed by atoms with van der Waals surface area (Å²) in [6, 6.07) is 17.0. The molecule has 8 heteroatoms. The fourth-order valence-electron chi connectivity index (χ4n) is 2.49. The molecule has 0 bridgehead atoms. The number of carbonyl (C=O) groups excluding carboxylic acids is 1. The van der Waals surface area contributed by atoms with E-state index >= 15 is 0 Å². The second-order valence-corrected chi connectivity index (χ2v) is 5.96. The second kappa shape index (κ2) is 10.8. The molecule has 2 aromatic carbocycles. The van der Waals surface area contributed by atoms with E-state index in [1.807, 2.05) is 0 Å². The van der Waals surface area contributed by atoms with Gasteiger partial charge in [0, 0.05) is 0 Å². The Labute approximate surface area is 160 Å². The van der Waals surface area contributed by atoms with Gasteiger partial charge in [-0.3, -0.25) is 4.79 Å². The van der Waals surface area contributed by atoms with Gasteiger partial charge in [0.25, 0.3) is 6.47 Å². The van der Waals surface area contributed by atoms with Crippen molar-refractivity contribution >= 4 is 6.47 Å². The molecule has 0 saturated heterocycles. The van der Waals surface area contributed by atoms with Gasteiger partial charge in [-0.2, -0.15) is 8.78 Å². The first-order chi connectivity index (χ1) is 13.4.